The molecule has 1 aliphatic carbocycles. The minimum atomic E-state index is 0.450. The number of nitrogens with zero attached hydrogens (tertiary/aromatic N) is 3. The smallest absolute Gasteiger partial charge is 0.0945 e. The molecule has 2 N–H and O–H groups in total. The fourth-order valence-corrected chi connectivity index (χ4v) is 2.94. The van der Waals surface area contributed by atoms with Gasteiger partial charge in [0.25, 0.3) is 0 Å². The molecule has 0 aliphatic heterocycles. The first-order valence-corrected chi connectivity index (χ1v) is 7.25. The zero-order chi connectivity index (χ0) is 12.8. The summed E-state index contributed by atoms with van der Waals surface area (Å²) in [6, 6.07) is 1.21. The molecule has 2 rings (SSSR count). The SMILES string of the molecule is CCN(CCCn1ccnc1)C1CCC(N)CC1. The molecule has 1 aromatic heterocycles. The Morgan fingerprint density at radius 3 is 2.72 bits per heavy atom. The summed E-state index contributed by atoms with van der Waals surface area (Å²) in [7, 11) is 0. The lowest BCUT2D eigenvalue weighted by atomic mass is 9.90. The molecule has 1 aromatic rings. The summed E-state index contributed by atoms with van der Waals surface area (Å²) in [6.07, 6.45) is 11.9. The molecule has 0 atom stereocenters. The minimum absolute atomic E-state index is 0.450. The first kappa shape index (κ1) is 13.6. The van der Waals surface area contributed by atoms with Gasteiger partial charge in [0.15, 0.2) is 0 Å². The average Bonchev–Trinajstić information content (AvgIpc) is 2.89. The molecule has 1 fully saturated rings. The fourth-order valence-electron chi connectivity index (χ4n) is 2.94. The third kappa shape index (κ3) is 3.82. The number of rotatable bonds is 6. The van der Waals surface area contributed by atoms with Gasteiger partial charge in [-0.25, -0.2) is 4.98 Å². The summed E-state index contributed by atoms with van der Waals surface area (Å²) in [5.41, 5.74) is 5.97. The van der Waals surface area contributed by atoms with Crippen LogP contribution in [0.1, 0.15) is 39.0 Å². The van der Waals surface area contributed by atoms with Crippen molar-refractivity contribution < 1.29 is 0 Å². The molecule has 102 valence electrons. The largest absolute Gasteiger partial charge is 0.337 e. The monoisotopic (exact) mass is 250 g/mol. The minimum Gasteiger partial charge on any atom is -0.337 e. The van der Waals surface area contributed by atoms with E-state index in [1.54, 1.807) is 0 Å². The maximum Gasteiger partial charge on any atom is 0.0945 e. The first-order chi connectivity index (χ1) is 8.79. The van der Waals surface area contributed by atoms with E-state index in [2.05, 4.69) is 21.4 Å². The lowest BCUT2D eigenvalue weighted by molar-refractivity contribution is 0.153. The van der Waals surface area contributed by atoms with Gasteiger partial charge in [0.2, 0.25) is 0 Å². The zero-order valence-corrected chi connectivity index (χ0v) is 11.5. The molecule has 0 unspecified atom stereocenters. The molecule has 4 nitrogen and oxygen atoms in total. The summed E-state index contributed by atoms with van der Waals surface area (Å²) < 4.78 is 2.16. The predicted octanol–water partition coefficient (Wildman–Crippen LogP) is 1.86. The number of imidazole rings is 1. The summed E-state index contributed by atoms with van der Waals surface area (Å²) in [4.78, 5) is 6.70. The van der Waals surface area contributed by atoms with Gasteiger partial charge in [0, 0.05) is 37.6 Å². The molecule has 18 heavy (non-hydrogen) atoms. The molecular weight excluding hydrogens is 224 g/mol. The van der Waals surface area contributed by atoms with E-state index in [9.17, 15) is 0 Å². The second-order valence-electron chi connectivity index (χ2n) is 5.35. The summed E-state index contributed by atoms with van der Waals surface area (Å²) in [5.74, 6) is 0. The van der Waals surface area contributed by atoms with Gasteiger partial charge in [-0.15, -0.1) is 0 Å². The molecule has 1 aliphatic rings. The molecule has 0 saturated heterocycles. The lowest BCUT2D eigenvalue weighted by Gasteiger charge is -2.35. The standard InChI is InChI=1S/C14H26N4/c1-2-18(14-6-4-13(15)5-7-14)10-3-9-17-11-8-16-12-17/h8,11-14H,2-7,9-10,15H2,1H3. The maximum absolute atomic E-state index is 5.97. The molecule has 0 amide bonds. The molecule has 0 radical (unpaired) electrons. The van der Waals surface area contributed by atoms with Crippen LogP contribution in [0.15, 0.2) is 18.7 Å². The molecule has 0 bridgehead atoms. The highest BCUT2D eigenvalue weighted by Gasteiger charge is 2.22. The molecule has 0 spiro atoms. The topological polar surface area (TPSA) is 47.1 Å². The number of aryl methyl sites for hydroxylation is 1. The molecule has 0 aromatic carbocycles. The van der Waals surface area contributed by atoms with Gasteiger partial charge in [-0.05, 0) is 38.6 Å². The van der Waals surface area contributed by atoms with E-state index in [1.165, 1.54) is 38.6 Å². The van der Waals surface area contributed by atoms with Crippen LogP contribution in [0.2, 0.25) is 0 Å². The summed E-state index contributed by atoms with van der Waals surface area (Å²) >= 11 is 0. The Bertz CT molecular complexity index is 315. The highest BCUT2D eigenvalue weighted by Crippen LogP contribution is 2.22. The van der Waals surface area contributed by atoms with Crippen molar-refractivity contribution in [1.29, 1.82) is 0 Å². The quantitative estimate of drug-likeness (QED) is 0.838. The maximum atomic E-state index is 5.97. The second-order valence-corrected chi connectivity index (χ2v) is 5.35. The van der Waals surface area contributed by atoms with Crippen LogP contribution in [0.3, 0.4) is 0 Å². The van der Waals surface area contributed by atoms with Crippen molar-refractivity contribution in [3.8, 4) is 0 Å². The van der Waals surface area contributed by atoms with Crippen molar-refractivity contribution in [3.05, 3.63) is 18.7 Å². The van der Waals surface area contributed by atoms with Crippen molar-refractivity contribution >= 4 is 0 Å². The van der Waals surface area contributed by atoms with Crippen LogP contribution in [0, 0.1) is 0 Å². The number of aromatic nitrogens is 2. The molecule has 1 heterocycles. The van der Waals surface area contributed by atoms with Crippen molar-refractivity contribution in [2.45, 2.75) is 57.7 Å². The van der Waals surface area contributed by atoms with Gasteiger partial charge in [-0.3, -0.25) is 0 Å². The van der Waals surface area contributed by atoms with Gasteiger partial charge >= 0.3 is 0 Å². The Morgan fingerprint density at radius 2 is 2.11 bits per heavy atom. The Labute approximate surface area is 110 Å². The van der Waals surface area contributed by atoms with Gasteiger partial charge in [-0.1, -0.05) is 6.92 Å². The molecule has 4 heteroatoms. The Balaban J connectivity index is 1.71. The Morgan fingerprint density at radius 1 is 1.33 bits per heavy atom. The van der Waals surface area contributed by atoms with E-state index in [0.29, 0.717) is 6.04 Å². The Hall–Kier alpha value is -0.870. The van der Waals surface area contributed by atoms with E-state index >= 15 is 0 Å². The van der Waals surface area contributed by atoms with E-state index < -0.39 is 0 Å². The second kappa shape index (κ2) is 6.90. The van der Waals surface area contributed by atoms with Crippen LogP contribution in [0.25, 0.3) is 0 Å². The first-order valence-electron chi connectivity index (χ1n) is 7.25. The van der Waals surface area contributed by atoms with Crippen LogP contribution < -0.4 is 5.73 Å². The number of nitrogens with two attached hydrogens (primary N) is 1. The van der Waals surface area contributed by atoms with Crippen LogP contribution in [0.4, 0.5) is 0 Å². The highest BCUT2D eigenvalue weighted by molar-refractivity contribution is 4.81. The average molecular weight is 250 g/mol. The van der Waals surface area contributed by atoms with Gasteiger partial charge in [-0.2, -0.15) is 0 Å². The van der Waals surface area contributed by atoms with Gasteiger partial charge < -0.3 is 15.2 Å². The van der Waals surface area contributed by atoms with Crippen molar-refractivity contribution in [3.63, 3.8) is 0 Å². The van der Waals surface area contributed by atoms with E-state index in [0.717, 1.165) is 19.1 Å². The third-order valence-corrected chi connectivity index (χ3v) is 4.08. The van der Waals surface area contributed by atoms with E-state index in [1.807, 2.05) is 18.7 Å². The zero-order valence-electron chi connectivity index (χ0n) is 11.5. The predicted molar refractivity (Wildman–Crippen MR) is 74.3 cm³/mol. The van der Waals surface area contributed by atoms with Crippen LogP contribution in [-0.4, -0.2) is 39.6 Å². The highest BCUT2D eigenvalue weighted by atomic mass is 15.2. The number of hydrogen-bond donors (Lipinski definition) is 1. The van der Waals surface area contributed by atoms with E-state index in [4.69, 9.17) is 5.73 Å². The Kier molecular flexibility index (Phi) is 5.20. The molecule has 1 saturated carbocycles. The van der Waals surface area contributed by atoms with Crippen molar-refractivity contribution in [1.82, 2.24) is 14.5 Å². The number of hydrogen-bond acceptors (Lipinski definition) is 3. The van der Waals surface area contributed by atoms with Gasteiger partial charge in [0.05, 0.1) is 6.33 Å². The normalized spacial score (nSPS) is 24.6. The van der Waals surface area contributed by atoms with Crippen LogP contribution in [-0.2, 0) is 6.54 Å². The van der Waals surface area contributed by atoms with Crippen LogP contribution in [0.5, 0.6) is 0 Å². The summed E-state index contributed by atoms with van der Waals surface area (Å²) in [5, 5.41) is 0. The van der Waals surface area contributed by atoms with Gasteiger partial charge in [0.1, 0.15) is 0 Å². The fraction of sp³-hybridized carbons (Fsp3) is 0.786. The van der Waals surface area contributed by atoms with Crippen LogP contribution >= 0.6 is 0 Å². The third-order valence-electron chi connectivity index (χ3n) is 4.08. The van der Waals surface area contributed by atoms with Crippen molar-refractivity contribution in [2.24, 2.45) is 5.73 Å². The molecular formula is C14H26N4. The van der Waals surface area contributed by atoms with E-state index in [-0.39, 0.29) is 0 Å². The lowest BCUT2D eigenvalue weighted by Crippen LogP contribution is -2.41. The summed E-state index contributed by atoms with van der Waals surface area (Å²) in [6.45, 7) is 5.69. The van der Waals surface area contributed by atoms with Crippen molar-refractivity contribution in [2.75, 3.05) is 13.1 Å².